The van der Waals surface area contributed by atoms with Crippen LogP contribution >= 0.6 is 23.4 Å². The summed E-state index contributed by atoms with van der Waals surface area (Å²) in [6.07, 6.45) is 2.31. The summed E-state index contributed by atoms with van der Waals surface area (Å²) in [5, 5.41) is 3.46. The number of nitrogens with one attached hydrogen (secondary N) is 1. The quantitative estimate of drug-likeness (QED) is 0.406. The Morgan fingerprint density at radius 1 is 1.26 bits per heavy atom. The van der Waals surface area contributed by atoms with Crippen molar-refractivity contribution in [3.05, 3.63) is 52.3 Å². The Balaban J connectivity index is 1.39. The second kappa shape index (κ2) is 8.85. The van der Waals surface area contributed by atoms with Gasteiger partial charge in [0, 0.05) is 39.6 Å². The molecule has 1 aromatic heterocycles. The number of benzene rings is 1. The molecule has 0 aliphatic heterocycles. The van der Waals surface area contributed by atoms with Crippen LogP contribution in [0, 0.1) is 13.8 Å². The number of esters is 1. The van der Waals surface area contributed by atoms with Gasteiger partial charge in [0.1, 0.15) is 0 Å². The summed E-state index contributed by atoms with van der Waals surface area (Å²) in [4.78, 5) is 25.3. The zero-order valence-electron chi connectivity index (χ0n) is 15.5. The minimum Gasteiger partial charge on any atom is -0.452 e. The first kappa shape index (κ1) is 19.8. The third-order valence-corrected chi connectivity index (χ3v) is 5.72. The number of carbonyl (C=O) groups is 2. The van der Waals surface area contributed by atoms with Crippen LogP contribution in [0.2, 0.25) is 5.02 Å². The summed E-state index contributed by atoms with van der Waals surface area (Å²) < 4.78 is 7.37. The van der Waals surface area contributed by atoms with Gasteiger partial charge in [0.2, 0.25) is 0 Å². The van der Waals surface area contributed by atoms with Crippen LogP contribution in [0.4, 0.5) is 0 Å². The Morgan fingerprint density at radius 3 is 2.63 bits per heavy atom. The SMILES string of the molecule is Cc1cc(C(=O)OCC(=O)NCCSc2ccc(Cl)cc2)c(C)n1C1CC1. The van der Waals surface area contributed by atoms with E-state index >= 15 is 0 Å². The van der Waals surface area contributed by atoms with Gasteiger partial charge < -0.3 is 14.6 Å². The molecule has 1 aliphatic rings. The zero-order chi connectivity index (χ0) is 19.4. The molecule has 1 saturated carbocycles. The summed E-state index contributed by atoms with van der Waals surface area (Å²) in [5.74, 6) is -0.0131. The number of aromatic nitrogens is 1. The highest BCUT2D eigenvalue weighted by Crippen LogP contribution is 2.38. The van der Waals surface area contributed by atoms with Gasteiger partial charge in [0.25, 0.3) is 5.91 Å². The van der Waals surface area contributed by atoms with Crippen molar-refractivity contribution in [3.63, 3.8) is 0 Å². The van der Waals surface area contributed by atoms with Crippen molar-refractivity contribution in [2.45, 2.75) is 37.6 Å². The maximum Gasteiger partial charge on any atom is 0.340 e. The molecule has 0 bridgehead atoms. The summed E-state index contributed by atoms with van der Waals surface area (Å²) in [6.45, 7) is 4.15. The number of hydrogen-bond donors (Lipinski definition) is 1. The lowest BCUT2D eigenvalue weighted by Crippen LogP contribution is -2.30. The Bertz CT molecular complexity index is 828. The smallest absolute Gasteiger partial charge is 0.340 e. The van der Waals surface area contributed by atoms with Crippen LogP contribution in [0.5, 0.6) is 0 Å². The predicted octanol–water partition coefficient (Wildman–Crippen LogP) is 4.16. The molecule has 0 unspecified atom stereocenters. The normalized spacial score (nSPS) is 13.4. The van der Waals surface area contributed by atoms with E-state index in [-0.39, 0.29) is 12.5 Å². The molecular formula is C20H23ClN2O3S. The molecule has 5 nitrogen and oxygen atoms in total. The molecule has 27 heavy (non-hydrogen) atoms. The average molecular weight is 407 g/mol. The Hall–Kier alpha value is -1.92. The molecule has 1 aliphatic carbocycles. The van der Waals surface area contributed by atoms with Crippen LogP contribution in [0.1, 0.15) is 40.6 Å². The van der Waals surface area contributed by atoms with Crippen molar-refractivity contribution >= 4 is 35.2 Å². The molecule has 1 aromatic carbocycles. The maximum atomic E-state index is 12.3. The fourth-order valence-electron chi connectivity index (χ4n) is 3.03. The largest absolute Gasteiger partial charge is 0.452 e. The van der Waals surface area contributed by atoms with E-state index in [2.05, 4.69) is 9.88 Å². The highest BCUT2D eigenvalue weighted by molar-refractivity contribution is 7.99. The molecular weight excluding hydrogens is 384 g/mol. The van der Waals surface area contributed by atoms with Crippen LogP contribution in [-0.2, 0) is 9.53 Å². The van der Waals surface area contributed by atoms with Crippen LogP contribution in [0.3, 0.4) is 0 Å². The van der Waals surface area contributed by atoms with Gasteiger partial charge in [-0.2, -0.15) is 0 Å². The Kier molecular flexibility index (Phi) is 6.50. The molecule has 1 fully saturated rings. The number of rotatable bonds is 8. The Morgan fingerprint density at radius 2 is 1.96 bits per heavy atom. The van der Waals surface area contributed by atoms with Crippen molar-refractivity contribution in [1.82, 2.24) is 9.88 Å². The van der Waals surface area contributed by atoms with Crippen LogP contribution in [-0.4, -0.2) is 35.3 Å². The van der Waals surface area contributed by atoms with E-state index < -0.39 is 5.97 Å². The van der Waals surface area contributed by atoms with E-state index in [9.17, 15) is 9.59 Å². The second-order valence-electron chi connectivity index (χ2n) is 6.61. The lowest BCUT2D eigenvalue weighted by Gasteiger charge is -2.08. The first-order chi connectivity index (χ1) is 13.0. The van der Waals surface area contributed by atoms with E-state index in [0.29, 0.717) is 23.2 Å². The lowest BCUT2D eigenvalue weighted by molar-refractivity contribution is -0.124. The molecule has 0 atom stereocenters. The molecule has 0 saturated heterocycles. The number of ether oxygens (including phenoxy) is 1. The van der Waals surface area contributed by atoms with Crippen molar-refractivity contribution in [2.24, 2.45) is 0 Å². The Labute approximate surface area is 168 Å². The fourth-order valence-corrected chi connectivity index (χ4v) is 3.92. The van der Waals surface area contributed by atoms with Crippen molar-refractivity contribution in [2.75, 3.05) is 18.9 Å². The number of thioether (sulfide) groups is 1. The molecule has 2 aromatic rings. The fraction of sp³-hybridized carbons (Fsp3) is 0.400. The topological polar surface area (TPSA) is 60.3 Å². The molecule has 3 rings (SSSR count). The third kappa shape index (κ3) is 5.30. The zero-order valence-corrected chi connectivity index (χ0v) is 17.0. The van der Waals surface area contributed by atoms with E-state index in [1.54, 1.807) is 11.8 Å². The van der Waals surface area contributed by atoms with Gasteiger partial charge in [-0.25, -0.2) is 4.79 Å². The summed E-state index contributed by atoms with van der Waals surface area (Å²) in [5.41, 5.74) is 2.52. The van der Waals surface area contributed by atoms with E-state index in [4.69, 9.17) is 16.3 Å². The van der Waals surface area contributed by atoms with Gasteiger partial charge >= 0.3 is 5.97 Å². The molecule has 0 radical (unpaired) electrons. The molecule has 7 heteroatoms. The van der Waals surface area contributed by atoms with Crippen LogP contribution < -0.4 is 5.32 Å². The third-order valence-electron chi connectivity index (χ3n) is 4.46. The van der Waals surface area contributed by atoms with E-state index in [1.165, 1.54) is 0 Å². The first-order valence-corrected chi connectivity index (χ1v) is 10.3. The number of halogens is 1. The van der Waals surface area contributed by atoms with Crippen molar-refractivity contribution in [1.29, 1.82) is 0 Å². The van der Waals surface area contributed by atoms with Gasteiger partial charge in [-0.1, -0.05) is 11.6 Å². The molecule has 1 N–H and O–H groups in total. The molecule has 1 heterocycles. The van der Waals surface area contributed by atoms with Gasteiger partial charge in [-0.05, 0) is 57.0 Å². The number of aryl methyl sites for hydroxylation is 1. The van der Waals surface area contributed by atoms with Gasteiger partial charge in [0.15, 0.2) is 6.61 Å². The highest BCUT2D eigenvalue weighted by atomic mass is 35.5. The number of hydrogen-bond acceptors (Lipinski definition) is 4. The van der Waals surface area contributed by atoms with Crippen molar-refractivity contribution in [3.8, 4) is 0 Å². The number of carbonyl (C=O) groups excluding carboxylic acids is 2. The lowest BCUT2D eigenvalue weighted by atomic mass is 10.2. The standard InChI is InChI=1S/C20H23ClN2O3S/c1-13-11-18(14(2)23(13)16-5-6-16)20(25)26-12-19(24)22-9-10-27-17-7-3-15(21)4-8-17/h3-4,7-8,11,16H,5-6,9-10,12H2,1-2H3,(H,22,24). The number of nitrogens with zero attached hydrogens (tertiary/aromatic N) is 1. The van der Waals surface area contributed by atoms with Gasteiger partial charge in [0.05, 0.1) is 5.56 Å². The minimum absolute atomic E-state index is 0.266. The summed E-state index contributed by atoms with van der Waals surface area (Å²) in [6, 6.07) is 9.90. The summed E-state index contributed by atoms with van der Waals surface area (Å²) in [7, 11) is 0. The minimum atomic E-state index is -0.444. The van der Waals surface area contributed by atoms with E-state index in [0.717, 1.165) is 34.9 Å². The van der Waals surface area contributed by atoms with Crippen LogP contribution in [0.15, 0.2) is 35.2 Å². The van der Waals surface area contributed by atoms with Gasteiger partial charge in [-0.15, -0.1) is 11.8 Å². The molecule has 1 amide bonds. The number of amides is 1. The van der Waals surface area contributed by atoms with Crippen LogP contribution in [0.25, 0.3) is 0 Å². The first-order valence-electron chi connectivity index (χ1n) is 8.96. The van der Waals surface area contributed by atoms with Crippen molar-refractivity contribution < 1.29 is 14.3 Å². The average Bonchev–Trinajstić information content (AvgIpc) is 3.43. The monoisotopic (exact) mass is 406 g/mol. The van der Waals surface area contributed by atoms with E-state index in [1.807, 2.05) is 44.2 Å². The molecule has 144 valence electrons. The maximum absolute atomic E-state index is 12.3. The molecule has 0 spiro atoms. The second-order valence-corrected chi connectivity index (χ2v) is 8.22. The summed E-state index contributed by atoms with van der Waals surface area (Å²) >= 11 is 7.47. The highest BCUT2D eigenvalue weighted by Gasteiger charge is 2.28. The van der Waals surface area contributed by atoms with Gasteiger partial charge in [-0.3, -0.25) is 4.79 Å². The predicted molar refractivity (Wildman–Crippen MR) is 108 cm³/mol.